The Balaban J connectivity index is -0.0000000712. The van der Waals surface area contributed by atoms with E-state index in [2.05, 4.69) is 31.6 Å². The summed E-state index contributed by atoms with van der Waals surface area (Å²) in [6.07, 6.45) is 0. The molecule has 76 valence electrons. The summed E-state index contributed by atoms with van der Waals surface area (Å²) in [5, 5.41) is 6.25. The van der Waals surface area contributed by atoms with Gasteiger partial charge in [0.1, 0.15) is 0 Å². The van der Waals surface area contributed by atoms with Gasteiger partial charge in [0, 0.05) is 0 Å². The minimum atomic E-state index is -0.415. The van der Waals surface area contributed by atoms with Gasteiger partial charge in [-0.25, -0.2) is 0 Å². The van der Waals surface area contributed by atoms with Crippen molar-refractivity contribution in [2.24, 2.45) is 5.41 Å². The van der Waals surface area contributed by atoms with Crippen LogP contribution in [0.4, 0.5) is 0 Å². The second-order valence-electron chi connectivity index (χ2n) is 2.68. The van der Waals surface area contributed by atoms with E-state index in [1.165, 1.54) is 14.8 Å². The van der Waals surface area contributed by atoms with Crippen LogP contribution in [0.25, 0.3) is 0 Å². The Kier molecular flexibility index (Phi) is 27.8. The molecule has 0 spiro atoms. The third-order valence-corrected chi connectivity index (χ3v) is 0.743. The summed E-state index contributed by atoms with van der Waals surface area (Å²) in [6, 6.07) is 0. The normalized spacial score (nSPS) is 7.46. The summed E-state index contributed by atoms with van der Waals surface area (Å²) in [4.78, 5) is 10.5. The number of rotatable bonds is 0. The van der Waals surface area contributed by atoms with Crippen LogP contribution in [0.1, 0.15) is 20.8 Å². The van der Waals surface area contributed by atoms with Crippen LogP contribution < -0.4 is 0 Å². The zero-order valence-corrected chi connectivity index (χ0v) is 13.9. The van der Waals surface area contributed by atoms with Gasteiger partial charge >= 0.3 is 51.6 Å². The molecule has 0 bridgehead atoms. The fraction of sp³-hybridized carbons (Fsp3) is 0.571. The molecule has 0 atom stereocenters. The Morgan fingerprint density at radius 1 is 1.46 bits per heavy atom. The van der Waals surface area contributed by atoms with Crippen LogP contribution in [0.3, 0.4) is 0 Å². The average Bonchev–Trinajstić information content (AvgIpc) is 2.08. The summed E-state index contributed by atoms with van der Waals surface area (Å²) in [5.41, 5.74) is -0.415. The van der Waals surface area contributed by atoms with Crippen molar-refractivity contribution in [1.82, 2.24) is 0 Å². The van der Waals surface area contributed by atoms with E-state index in [4.69, 9.17) is 11.8 Å². The van der Waals surface area contributed by atoms with Crippen LogP contribution in [0.15, 0.2) is 0 Å². The van der Waals surface area contributed by atoms with E-state index in [0.717, 1.165) is 0 Å². The number of hydrogen-bond acceptors (Lipinski definition) is 3. The van der Waals surface area contributed by atoms with E-state index >= 15 is 0 Å². The van der Waals surface area contributed by atoms with Gasteiger partial charge in [0.15, 0.2) is 0 Å². The molecular formula is C7H11CuINO2Zn. The molecule has 0 saturated carbocycles. The third-order valence-electron chi connectivity index (χ3n) is 0.743. The molecule has 0 fully saturated rings. The first-order valence-corrected chi connectivity index (χ1v) is 12.0. The topological polar surface area (TPSA) is 50.1 Å². The van der Waals surface area contributed by atoms with Crippen LogP contribution in [-0.4, -0.2) is 5.97 Å². The molecule has 0 heterocycles. The first kappa shape index (κ1) is 23.6. The first-order valence-electron chi connectivity index (χ1n) is 2.94. The van der Waals surface area contributed by atoms with Gasteiger partial charge in [-0.3, -0.25) is 4.79 Å². The SMILES string of the molecule is [C-]#N.[CH2-]OC(=O)C(C)(C)C.[Cu+].[Zn+][I]. The van der Waals surface area contributed by atoms with Gasteiger partial charge in [0.25, 0.3) is 5.97 Å². The van der Waals surface area contributed by atoms with Gasteiger partial charge in [-0.05, 0) is 20.8 Å². The van der Waals surface area contributed by atoms with E-state index in [1.807, 2.05) is 0 Å². The molecule has 3 nitrogen and oxygen atoms in total. The minimum absolute atomic E-state index is 0. The fourth-order valence-electron chi connectivity index (χ4n) is 0.217. The van der Waals surface area contributed by atoms with E-state index < -0.39 is 5.41 Å². The number of carbonyl (C=O) groups is 1. The van der Waals surface area contributed by atoms with E-state index in [0.29, 0.717) is 0 Å². The van der Waals surface area contributed by atoms with Crippen LogP contribution in [-0.2, 0) is 41.4 Å². The van der Waals surface area contributed by atoms with Crippen molar-refractivity contribution in [3.63, 3.8) is 0 Å². The van der Waals surface area contributed by atoms with Crippen LogP contribution in [0.5, 0.6) is 0 Å². The molecule has 0 radical (unpaired) electrons. The fourth-order valence-corrected chi connectivity index (χ4v) is 0.217. The van der Waals surface area contributed by atoms with Gasteiger partial charge in [-0.1, -0.05) is 0 Å². The van der Waals surface area contributed by atoms with Crippen molar-refractivity contribution in [3.05, 3.63) is 13.7 Å². The van der Waals surface area contributed by atoms with E-state index in [1.54, 1.807) is 20.8 Å². The van der Waals surface area contributed by atoms with Gasteiger partial charge < -0.3 is 16.6 Å². The molecule has 0 unspecified atom stereocenters. The van der Waals surface area contributed by atoms with Gasteiger partial charge in [0.05, 0.1) is 5.41 Å². The second kappa shape index (κ2) is 15.3. The molecule has 0 aliphatic carbocycles. The monoisotopic (exact) mass is 395 g/mol. The molecule has 0 aromatic rings. The Labute approximate surface area is 111 Å². The number of esters is 1. The molecule has 0 aromatic carbocycles. The summed E-state index contributed by atoms with van der Waals surface area (Å²) in [6.45, 7) is 10.1. The molecule has 0 aromatic heterocycles. The van der Waals surface area contributed by atoms with Crippen molar-refractivity contribution in [1.29, 1.82) is 5.26 Å². The first-order chi connectivity index (χ1) is 5.48. The number of hydrogen-bond donors (Lipinski definition) is 0. The third kappa shape index (κ3) is 19.3. The molecule has 0 aliphatic rings. The Bertz CT molecular complexity index is 136. The Hall–Kier alpha value is 0.833. The average molecular weight is 397 g/mol. The zero-order valence-electron chi connectivity index (χ0n) is 7.86. The molecule has 13 heavy (non-hydrogen) atoms. The molecule has 0 N–H and O–H groups in total. The summed E-state index contributed by atoms with van der Waals surface area (Å²) >= 11 is 3.62. The molecule has 0 saturated heterocycles. The van der Waals surface area contributed by atoms with Crippen molar-refractivity contribution in [3.8, 4) is 0 Å². The van der Waals surface area contributed by atoms with Gasteiger partial charge in [0.2, 0.25) is 0 Å². The standard InChI is InChI=1S/C6H11O2.CN.Cu.HI.Zn/c1-6(2,3)5(7)8-4;1-2;;;/h4H2,1-3H3;;;1H;/q2*-1;+1;;+2/p-1. The Morgan fingerprint density at radius 3 is 1.69 bits per heavy atom. The molecule has 0 amide bonds. The summed E-state index contributed by atoms with van der Waals surface area (Å²) in [5.74, 6) is -0.280. The van der Waals surface area contributed by atoms with Crippen LogP contribution in [0, 0.1) is 24.4 Å². The van der Waals surface area contributed by atoms with Crippen LogP contribution in [0.2, 0.25) is 0 Å². The van der Waals surface area contributed by atoms with Crippen LogP contribution >= 0.6 is 19.8 Å². The zero-order chi connectivity index (χ0) is 10.8. The number of ether oxygens (including phenoxy) is 1. The van der Waals surface area contributed by atoms with Crippen molar-refractivity contribution >= 4 is 25.7 Å². The molecule has 0 aliphatic heterocycles. The predicted octanol–water partition coefficient (Wildman–Crippen LogP) is 2.34. The maximum absolute atomic E-state index is 10.5. The Morgan fingerprint density at radius 2 is 1.69 bits per heavy atom. The van der Waals surface area contributed by atoms with Crippen molar-refractivity contribution in [2.75, 3.05) is 0 Å². The quantitative estimate of drug-likeness (QED) is 0.273. The van der Waals surface area contributed by atoms with Gasteiger partial charge in [-0.15, -0.1) is 0 Å². The second-order valence-corrected chi connectivity index (χ2v) is 2.68. The van der Waals surface area contributed by atoms with Crippen molar-refractivity contribution < 1.29 is 41.4 Å². The predicted molar refractivity (Wildman–Crippen MR) is 49.9 cm³/mol. The maximum atomic E-state index is 10.5. The van der Waals surface area contributed by atoms with Gasteiger partial charge in [-0.2, -0.15) is 7.11 Å². The summed E-state index contributed by atoms with van der Waals surface area (Å²) < 4.78 is 4.23. The number of nitrogens with zero attached hydrogens (tertiary/aromatic N) is 1. The molecule has 6 heteroatoms. The summed E-state index contributed by atoms with van der Waals surface area (Å²) in [7, 11) is 3.00. The van der Waals surface area contributed by atoms with E-state index in [-0.39, 0.29) is 23.0 Å². The van der Waals surface area contributed by atoms with Crippen molar-refractivity contribution in [2.45, 2.75) is 20.8 Å². The van der Waals surface area contributed by atoms with E-state index in [9.17, 15) is 4.79 Å². The number of halogens is 1. The molecular weight excluding hydrogens is 386 g/mol. The number of carbonyl (C=O) groups excluding carboxylic acids is 1. The molecule has 0 rings (SSSR count).